The van der Waals surface area contributed by atoms with Crippen LogP contribution in [0.5, 0.6) is 0 Å². The molecule has 1 unspecified atom stereocenters. The Balaban J connectivity index is 1.40. The lowest BCUT2D eigenvalue weighted by Crippen LogP contribution is -2.32. The van der Waals surface area contributed by atoms with Crippen LogP contribution in [0.4, 0.5) is 0 Å². The number of hydrogen-bond acceptors (Lipinski definition) is 6. The van der Waals surface area contributed by atoms with Gasteiger partial charge in [0.25, 0.3) is 15.9 Å². The van der Waals surface area contributed by atoms with Crippen molar-refractivity contribution in [3.8, 4) is 11.1 Å². The van der Waals surface area contributed by atoms with E-state index in [0.717, 1.165) is 40.9 Å². The van der Waals surface area contributed by atoms with Crippen LogP contribution in [-0.2, 0) is 30.9 Å². The molecule has 8 nitrogen and oxygen atoms in total. The predicted molar refractivity (Wildman–Crippen MR) is 138 cm³/mol. The van der Waals surface area contributed by atoms with Crippen molar-refractivity contribution in [2.24, 2.45) is 0 Å². The maximum absolute atomic E-state index is 13.1. The first-order valence-corrected chi connectivity index (χ1v) is 13.3. The number of hydroxylamine groups is 1. The van der Waals surface area contributed by atoms with Crippen molar-refractivity contribution >= 4 is 22.0 Å². The maximum Gasteiger partial charge on any atom is 0.267 e. The average Bonchev–Trinajstić information content (AvgIpc) is 3.37. The summed E-state index contributed by atoms with van der Waals surface area (Å²) >= 11 is 0. The quantitative estimate of drug-likeness (QED) is 0.346. The summed E-state index contributed by atoms with van der Waals surface area (Å²) in [4.78, 5) is 19.5. The molecule has 3 aromatic rings. The van der Waals surface area contributed by atoms with E-state index in [2.05, 4.69) is 22.5 Å². The molecular formula is C27H31N3O5S. The molecule has 2 aromatic carbocycles. The molecule has 1 amide bonds. The second kappa shape index (κ2) is 11.7. The smallest absolute Gasteiger partial charge is 0.267 e. The van der Waals surface area contributed by atoms with E-state index in [-0.39, 0.29) is 4.90 Å². The topological polar surface area (TPSA) is 89.9 Å². The van der Waals surface area contributed by atoms with Crippen LogP contribution in [0.3, 0.4) is 0 Å². The number of hydrogen-bond donors (Lipinski definition) is 1. The van der Waals surface area contributed by atoms with Crippen LogP contribution in [0.25, 0.3) is 17.2 Å². The fourth-order valence-corrected chi connectivity index (χ4v) is 5.13. The average molecular weight is 510 g/mol. The van der Waals surface area contributed by atoms with Gasteiger partial charge in [-0.1, -0.05) is 30.3 Å². The van der Waals surface area contributed by atoms with E-state index in [0.29, 0.717) is 12.2 Å². The highest BCUT2D eigenvalue weighted by atomic mass is 32.2. The summed E-state index contributed by atoms with van der Waals surface area (Å²) in [5.74, 6) is -0.454. The van der Waals surface area contributed by atoms with E-state index in [1.54, 1.807) is 18.2 Å². The van der Waals surface area contributed by atoms with Gasteiger partial charge in [-0.3, -0.25) is 4.79 Å². The third kappa shape index (κ3) is 6.70. The molecule has 190 valence electrons. The zero-order valence-corrected chi connectivity index (χ0v) is 21.3. The first-order chi connectivity index (χ1) is 17.3. The molecule has 0 aliphatic carbocycles. The molecule has 0 spiro atoms. The molecule has 0 radical (unpaired) electrons. The molecule has 2 heterocycles. The first-order valence-electron chi connectivity index (χ1n) is 11.8. The molecule has 1 fully saturated rings. The second-order valence-electron chi connectivity index (χ2n) is 8.96. The third-order valence-corrected chi connectivity index (χ3v) is 7.39. The molecule has 1 aromatic heterocycles. The Bertz CT molecular complexity index is 1310. The molecule has 9 heteroatoms. The van der Waals surface area contributed by atoms with Crippen LogP contribution in [0, 0.1) is 0 Å². The van der Waals surface area contributed by atoms with E-state index in [4.69, 9.17) is 9.57 Å². The summed E-state index contributed by atoms with van der Waals surface area (Å²) < 4.78 is 32.7. The summed E-state index contributed by atoms with van der Waals surface area (Å²) in [6.07, 6.45) is 8.00. The van der Waals surface area contributed by atoms with E-state index in [1.807, 2.05) is 38.4 Å². The molecular weight excluding hydrogens is 478 g/mol. The minimum absolute atomic E-state index is 0.181. The van der Waals surface area contributed by atoms with Gasteiger partial charge in [0, 0.05) is 38.0 Å². The molecule has 1 aliphatic heterocycles. The monoisotopic (exact) mass is 509 g/mol. The van der Waals surface area contributed by atoms with Crippen molar-refractivity contribution in [2.45, 2.75) is 37.0 Å². The van der Waals surface area contributed by atoms with Crippen LogP contribution in [-0.4, -0.2) is 50.2 Å². The Labute approximate surface area is 212 Å². The van der Waals surface area contributed by atoms with Gasteiger partial charge in [-0.05, 0) is 79.5 Å². The minimum Gasteiger partial charge on any atom is -0.350 e. The first kappa shape index (κ1) is 25.8. The normalized spacial score (nSPS) is 16.5. The molecule has 1 aliphatic rings. The molecule has 1 atom stereocenters. The van der Waals surface area contributed by atoms with Gasteiger partial charge < -0.3 is 9.64 Å². The highest BCUT2D eigenvalue weighted by Gasteiger charge is 2.17. The van der Waals surface area contributed by atoms with Crippen LogP contribution in [0.15, 0.2) is 78.0 Å². The Morgan fingerprint density at radius 2 is 1.94 bits per heavy atom. The van der Waals surface area contributed by atoms with Crippen molar-refractivity contribution < 1.29 is 22.8 Å². The lowest BCUT2D eigenvalue weighted by Gasteiger charge is -2.21. The summed E-state index contributed by atoms with van der Waals surface area (Å²) in [5.41, 5.74) is 6.06. The van der Waals surface area contributed by atoms with Gasteiger partial charge in [-0.15, -0.1) is 0 Å². The molecule has 1 N–H and O–H groups in total. The highest BCUT2D eigenvalue weighted by Crippen LogP contribution is 2.24. The van der Waals surface area contributed by atoms with Gasteiger partial charge in [0.15, 0.2) is 6.29 Å². The zero-order chi connectivity index (χ0) is 25.5. The van der Waals surface area contributed by atoms with E-state index in [9.17, 15) is 13.2 Å². The van der Waals surface area contributed by atoms with Crippen molar-refractivity contribution in [2.75, 3.05) is 20.7 Å². The highest BCUT2D eigenvalue weighted by molar-refractivity contribution is 7.90. The fourth-order valence-electron chi connectivity index (χ4n) is 3.93. The van der Waals surface area contributed by atoms with Gasteiger partial charge in [-0.25, -0.2) is 22.7 Å². The van der Waals surface area contributed by atoms with E-state index in [1.165, 1.54) is 30.1 Å². The predicted octanol–water partition coefficient (Wildman–Crippen LogP) is 4.04. The Kier molecular flexibility index (Phi) is 8.37. The van der Waals surface area contributed by atoms with Gasteiger partial charge in [-0.2, -0.15) is 0 Å². The number of nitrogens with zero attached hydrogens (tertiary/aromatic N) is 2. The number of ether oxygens (including phenoxy) is 1. The second-order valence-corrected chi connectivity index (χ2v) is 10.8. The number of rotatable bonds is 9. The van der Waals surface area contributed by atoms with Crippen molar-refractivity contribution in [3.05, 3.63) is 84.2 Å². The summed E-state index contributed by atoms with van der Waals surface area (Å²) in [6, 6.07) is 16.7. The number of amides is 1. The molecule has 0 saturated carbocycles. The van der Waals surface area contributed by atoms with E-state index < -0.39 is 22.2 Å². The molecule has 4 rings (SSSR count). The standard InChI is InChI=1S/C27H31N3O5S/c1-29(2)19-22-6-5-7-24(18-22)23-10-12-25(13-11-23)36(32,33)30-16-15-21(20-30)9-14-26(31)28-35-27-8-3-4-17-34-27/h5-7,9-16,18,20,27H,3-4,8,17,19H2,1-2H3,(H,28,31)/b14-9+. The fraction of sp³-hybridized carbons (Fsp3) is 0.296. The minimum atomic E-state index is -3.77. The molecule has 1 saturated heterocycles. The van der Waals surface area contributed by atoms with Crippen molar-refractivity contribution in [1.82, 2.24) is 14.4 Å². The lowest BCUT2D eigenvalue weighted by atomic mass is 10.0. The van der Waals surface area contributed by atoms with Crippen LogP contribution < -0.4 is 5.48 Å². The van der Waals surface area contributed by atoms with Crippen molar-refractivity contribution in [3.63, 3.8) is 0 Å². The van der Waals surface area contributed by atoms with Crippen LogP contribution in [0.2, 0.25) is 0 Å². The lowest BCUT2D eigenvalue weighted by molar-refractivity contribution is -0.198. The van der Waals surface area contributed by atoms with Gasteiger partial charge >= 0.3 is 0 Å². The Hall–Kier alpha value is -3.24. The summed E-state index contributed by atoms with van der Waals surface area (Å²) in [5, 5.41) is 0. The number of carbonyl (C=O) groups excluding carboxylic acids is 1. The van der Waals surface area contributed by atoms with Crippen molar-refractivity contribution in [1.29, 1.82) is 0 Å². The number of nitrogens with one attached hydrogen (secondary N) is 1. The zero-order valence-electron chi connectivity index (χ0n) is 20.5. The van der Waals surface area contributed by atoms with Crippen LogP contribution >= 0.6 is 0 Å². The van der Waals surface area contributed by atoms with Crippen LogP contribution in [0.1, 0.15) is 30.4 Å². The third-order valence-electron chi connectivity index (χ3n) is 5.74. The Morgan fingerprint density at radius 1 is 1.14 bits per heavy atom. The van der Waals surface area contributed by atoms with Gasteiger partial charge in [0.1, 0.15) is 0 Å². The maximum atomic E-state index is 13.1. The van der Waals surface area contributed by atoms with Gasteiger partial charge in [0.05, 0.1) is 4.90 Å². The number of aromatic nitrogens is 1. The summed E-state index contributed by atoms with van der Waals surface area (Å²) in [6.45, 7) is 1.44. The summed E-state index contributed by atoms with van der Waals surface area (Å²) in [7, 11) is 0.269. The van der Waals surface area contributed by atoms with Gasteiger partial charge in [0.2, 0.25) is 0 Å². The molecule has 0 bridgehead atoms. The number of benzene rings is 2. The number of carbonyl (C=O) groups is 1. The SMILES string of the molecule is CN(C)Cc1cccc(-c2ccc(S(=O)(=O)n3ccc(/C=C/C(=O)NOC4CCCCO4)c3)cc2)c1. The Morgan fingerprint density at radius 3 is 2.67 bits per heavy atom. The largest absolute Gasteiger partial charge is 0.350 e. The van der Waals surface area contributed by atoms with E-state index >= 15 is 0 Å². The molecule has 36 heavy (non-hydrogen) atoms.